The molecule has 94 valence electrons. The Labute approximate surface area is 108 Å². The van der Waals surface area contributed by atoms with E-state index >= 15 is 0 Å². The van der Waals surface area contributed by atoms with Gasteiger partial charge in [0.15, 0.2) is 0 Å². The molecule has 2 N–H and O–H groups in total. The van der Waals surface area contributed by atoms with Crippen molar-refractivity contribution in [3.05, 3.63) is 53.6 Å². The Balaban J connectivity index is 1.69. The molecular formula is C15H19N3. The maximum atomic E-state index is 6.37. The lowest BCUT2D eigenvalue weighted by Crippen LogP contribution is -2.33. The monoisotopic (exact) mass is 241 g/mol. The van der Waals surface area contributed by atoms with Crippen molar-refractivity contribution in [2.24, 2.45) is 18.7 Å². The van der Waals surface area contributed by atoms with Gasteiger partial charge in [0.25, 0.3) is 0 Å². The molecule has 1 aromatic carbocycles. The summed E-state index contributed by atoms with van der Waals surface area (Å²) in [5.41, 5.74) is 9.31. The van der Waals surface area contributed by atoms with Crippen molar-refractivity contribution >= 4 is 0 Å². The summed E-state index contributed by atoms with van der Waals surface area (Å²) in [6.07, 6.45) is 6.91. The molecule has 0 bridgehead atoms. The van der Waals surface area contributed by atoms with E-state index < -0.39 is 0 Å². The lowest BCUT2D eigenvalue weighted by atomic mass is 9.94. The third-order valence-corrected chi connectivity index (χ3v) is 4.03. The average Bonchev–Trinajstić information content (AvgIpc) is 2.96. The summed E-state index contributed by atoms with van der Waals surface area (Å²) in [5.74, 6) is 1.64. The Kier molecular flexibility index (Phi) is 2.92. The summed E-state index contributed by atoms with van der Waals surface area (Å²) >= 11 is 0. The van der Waals surface area contributed by atoms with E-state index in [1.165, 1.54) is 11.1 Å². The molecule has 0 amide bonds. The van der Waals surface area contributed by atoms with Crippen LogP contribution in [-0.4, -0.2) is 15.6 Å². The van der Waals surface area contributed by atoms with Crippen molar-refractivity contribution in [2.75, 3.05) is 0 Å². The summed E-state index contributed by atoms with van der Waals surface area (Å²) in [6, 6.07) is 8.88. The van der Waals surface area contributed by atoms with Gasteiger partial charge in [-0.2, -0.15) is 0 Å². The number of rotatable bonds is 3. The fraction of sp³-hybridized carbons (Fsp3) is 0.400. The van der Waals surface area contributed by atoms with E-state index in [0.717, 1.165) is 25.1 Å². The minimum absolute atomic E-state index is 0.193. The van der Waals surface area contributed by atoms with Gasteiger partial charge in [0, 0.05) is 31.9 Å². The Morgan fingerprint density at radius 2 is 2.00 bits per heavy atom. The SMILES string of the molecule is Cn1ccnc1CC(N)C1Cc2ccccc2C1. The second-order valence-corrected chi connectivity index (χ2v) is 5.26. The van der Waals surface area contributed by atoms with Crippen LogP contribution in [-0.2, 0) is 26.3 Å². The number of hydrogen-bond donors (Lipinski definition) is 1. The highest BCUT2D eigenvalue weighted by Gasteiger charge is 2.26. The van der Waals surface area contributed by atoms with Crippen LogP contribution in [0.15, 0.2) is 36.7 Å². The van der Waals surface area contributed by atoms with Gasteiger partial charge in [-0.25, -0.2) is 4.98 Å². The zero-order chi connectivity index (χ0) is 12.5. The molecule has 0 saturated heterocycles. The minimum Gasteiger partial charge on any atom is -0.338 e. The lowest BCUT2D eigenvalue weighted by Gasteiger charge is -2.18. The quantitative estimate of drug-likeness (QED) is 0.889. The van der Waals surface area contributed by atoms with E-state index in [1.807, 2.05) is 19.4 Å². The highest BCUT2D eigenvalue weighted by atomic mass is 15.0. The molecule has 1 atom stereocenters. The lowest BCUT2D eigenvalue weighted by molar-refractivity contribution is 0.427. The number of aromatic nitrogens is 2. The molecule has 1 heterocycles. The number of nitrogens with two attached hydrogens (primary N) is 1. The van der Waals surface area contributed by atoms with E-state index in [4.69, 9.17) is 5.73 Å². The third-order valence-electron chi connectivity index (χ3n) is 4.03. The first-order chi connectivity index (χ1) is 8.74. The highest BCUT2D eigenvalue weighted by molar-refractivity contribution is 5.32. The number of imidazole rings is 1. The Morgan fingerprint density at radius 3 is 2.56 bits per heavy atom. The van der Waals surface area contributed by atoms with E-state index in [0.29, 0.717) is 5.92 Å². The molecule has 0 aliphatic heterocycles. The summed E-state index contributed by atoms with van der Waals surface area (Å²) in [4.78, 5) is 4.36. The summed E-state index contributed by atoms with van der Waals surface area (Å²) in [5, 5.41) is 0. The van der Waals surface area contributed by atoms with Crippen molar-refractivity contribution in [2.45, 2.75) is 25.3 Å². The molecule has 1 aromatic heterocycles. The van der Waals surface area contributed by atoms with Gasteiger partial charge < -0.3 is 10.3 Å². The largest absolute Gasteiger partial charge is 0.338 e. The predicted molar refractivity (Wildman–Crippen MR) is 72.2 cm³/mol. The van der Waals surface area contributed by atoms with Crippen LogP contribution in [0.25, 0.3) is 0 Å². The molecule has 0 spiro atoms. The van der Waals surface area contributed by atoms with Crippen LogP contribution < -0.4 is 5.73 Å². The zero-order valence-electron chi connectivity index (χ0n) is 10.7. The Bertz CT molecular complexity index is 519. The molecule has 1 aliphatic rings. The molecule has 0 radical (unpaired) electrons. The van der Waals surface area contributed by atoms with Crippen LogP contribution in [0.2, 0.25) is 0 Å². The van der Waals surface area contributed by atoms with Crippen molar-refractivity contribution in [1.82, 2.24) is 9.55 Å². The van der Waals surface area contributed by atoms with Crippen LogP contribution in [0.3, 0.4) is 0 Å². The molecule has 1 aliphatic carbocycles. The number of benzene rings is 1. The van der Waals surface area contributed by atoms with E-state index in [9.17, 15) is 0 Å². The topological polar surface area (TPSA) is 43.8 Å². The van der Waals surface area contributed by atoms with Crippen molar-refractivity contribution < 1.29 is 0 Å². The van der Waals surface area contributed by atoms with Crippen LogP contribution in [0, 0.1) is 5.92 Å². The predicted octanol–water partition coefficient (Wildman–Crippen LogP) is 1.70. The standard InChI is InChI=1S/C15H19N3/c1-18-7-6-17-15(18)10-14(16)13-8-11-4-2-3-5-12(11)9-13/h2-7,13-14H,8-10,16H2,1H3. The van der Waals surface area contributed by atoms with E-state index in [1.54, 1.807) is 0 Å². The molecular weight excluding hydrogens is 222 g/mol. The second kappa shape index (κ2) is 4.58. The molecule has 1 unspecified atom stereocenters. The summed E-state index contributed by atoms with van der Waals surface area (Å²) < 4.78 is 2.06. The van der Waals surface area contributed by atoms with Crippen LogP contribution >= 0.6 is 0 Å². The van der Waals surface area contributed by atoms with E-state index in [-0.39, 0.29) is 6.04 Å². The minimum atomic E-state index is 0.193. The van der Waals surface area contributed by atoms with Crippen molar-refractivity contribution in [3.8, 4) is 0 Å². The Morgan fingerprint density at radius 1 is 1.33 bits per heavy atom. The van der Waals surface area contributed by atoms with Crippen LogP contribution in [0.1, 0.15) is 17.0 Å². The normalized spacial score (nSPS) is 16.8. The van der Waals surface area contributed by atoms with Crippen LogP contribution in [0.4, 0.5) is 0 Å². The molecule has 2 aromatic rings. The van der Waals surface area contributed by atoms with Crippen LogP contribution in [0.5, 0.6) is 0 Å². The third kappa shape index (κ3) is 2.06. The van der Waals surface area contributed by atoms with Gasteiger partial charge in [-0.3, -0.25) is 0 Å². The van der Waals surface area contributed by atoms with Gasteiger partial charge in [-0.15, -0.1) is 0 Å². The first kappa shape index (κ1) is 11.5. The Hall–Kier alpha value is -1.61. The van der Waals surface area contributed by atoms with Gasteiger partial charge >= 0.3 is 0 Å². The highest BCUT2D eigenvalue weighted by Crippen LogP contribution is 2.28. The van der Waals surface area contributed by atoms with Gasteiger partial charge in [0.05, 0.1) is 0 Å². The van der Waals surface area contributed by atoms with E-state index in [2.05, 4.69) is 33.8 Å². The van der Waals surface area contributed by atoms with Gasteiger partial charge in [0.2, 0.25) is 0 Å². The first-order valence-corrected chi connectivity index (χ1v) is 6.52. The maximum Gasteiger partial charge on any atom is 0.109 e. The molecule has 0 fully saturated rings. The van der Waals surface area contributed by atoms with Crippen molar-refractivity contribution in [1.29, 1.82) is 0 Å². The second-order valence-electron chi connectivity index (χ2n) is 5.26. The van der Waals surface area contributed by atoms with Gasteiger partial charge in [-0.1, -0.05) is 24.3 Å². The summed E-state index contributed by atoms with van der Waals surface area (Å²) in [6.45, 7) is 0. The number of hydrogen-bond acceptors (Lipinski definition) is 2. The number of nitrogens with zero attached hydrogens (tertiary/aromatic N) is 2. The molecule has 18 heavy (non-hydrogen) atoms. The smallest absolute Gasteiger partial charge is 0.109 e. The van der Waals surface area contributed by atoms with Crippen molar-refractivity contribution in [3.63, 3.8) is 0 Å². The molecule has 3 rings (SSSR count). The van der Waals surface area contributed by atoms with Gasteiger partial charge in [-0.05, 0) is 29.9 Å². The van der Waals surface area contributed by atoms with Gasteiger partial charge in [0.1, 0.15) is 5.82 Å². The zero-order valence-corrected chi connectivity index (χ0v) is 10.7. The molecule has 0 saturated carbocycles. The maximum absolute atomic E-state index is 6.37. The summed E-state index contributed by atoms with van der Waals surface area (Å²) in [7, 11) is 2.03. The molecule has 3 heteroatoms. The first-order valence-electron chi connectivity index (χ1n) is 6.52. The molecule has 3 nitrogen and oxygen atoms in total. The number of fused-ring (bicyclic) bond motifs is 1. The fourth-order valence-electron chi connectivity index (χ4n) is 2.87. The fourth-order valence-corrected chi connectivity index (χ4v) is 2.87. The average molecular weight is 241 g/mol. The number of aryl methyl sites for hydroxylation is 1.